The number of halogens is 2. The van der Waals surface area contributed by atoms with Crippen LogP contribution in [0.25, 0.3) is 0 Å². The molecule has 26 heavy (non-hydrogen) atoms. The normalized spacial score (nSPS) is 19.5. The summed E-state index contributed by atoms with van der Waals surface area (Å²) < 4.78 is 0.990. The number of amides is 1. The van der Waals surface area contributed by atoms with Gasteiger partial charge >= 0.3 is 0 Å². The molecule has 2 aromatic rings. The SMILES string of the molecule is O=C1NC2(CCN(Cc3cccc(Cl)c3)CC2)N=C1c1ccc(Br)cc1. The van der Waals surface area contributed by atoms with Crippen molar-refractivity contribution in [1.29, 1.82) is 0 Å². The van der Waals surface area contributed by atoms with Crippen molar-refractivity contribution in [3.63, 3.8) is 0 Å². The van der Waals surface area contributed by atoms with Crippen LogP contribution in [0.2, 0.25) is 5.02 Å². The lowest BCUT2D eigenvalue weighted by Gasteiger charge is -2.37. The lowest BCUT2D eigenvalue weighted by Crippen LogP contribution is -2.50. The number of hydrogen-bond donors (Lipinski definition) is 1. The summed E-state index contributed by atoms with van der Waals surface area (Å²) in [5.41, 5.74) is 2.16. The van der Waals surface area contributed by atoms with Crippen LogP contribution in [0.1, 0.15) is 24.0 Å². The van der Waals surface area contributed by atoms with Gasteiger partial charge in [0.05, 0.1) is 0 Å². The van der Waals surface area contributed by atoms with Gasteiger partial charge in [-0.1, -0.05) is 51.8 Å². The summed E-state index contributed by atoms with van der Waals surface area (Å²) in [5.74, 6) is -0.0735. The summed E-state index contributed by atoms with van der Waals surface area (Å²) in [5, 5.41) is 3.89. The molecule has 2 heterocycles. The largest absolute Gasteiger partial charge is 0.326 e. The fourth-order valence-electron chi connectivity index (χ4n) is 3.58. The summed E-state index contributed by atoms with van der Waals surface area (Å²) >= 11 is 9.50. The maximum atomic E-state index is 12.5. The first-order valence-electron chi connectivity index (χ1n) is 8.68. The molecule has 1 fully saturated rings. The van der Waals surface area contributed by atoms with E-state index in [2.05, 4.69) is 32.2 Å². The second-order valence-corrected chi connectivity index (χ2v) is 8.21. The molecule has 0 unspecified atom stereocenters. The van der Waals surface area contributed by atoms with E-state index in [9.17, 15) is 4.79 Å². The molecule has 0 saturated carbocycles. The van der Waals surface area contributed by atoms with Crippen molar-refractivity contribution >= 4 is 39.1 Å². The second kappa shape index (κ2) is 7.14. The number of carbonyl (C=O) groups is 1. The Morgan fingerprint density at radius 3 is 2.58 bits per heavy atom. The van der Waals surface area contributed by atoms with Gasteiger partial charge in [-0.25, -0.2) is 0 Å². The number of nitrogens with zero attached hydrogens (tertiary/aromatic N) is 2. The van der Waals surface area contributed by atoms with E-state index in [-0.39, 0.29) is 5.91 Å². The first-order chi connectivity index (χ1) is 12.5. The first kappa shape index (κ1) is 17.7. The van der Waals surface area contributed by atoms with Crippen molar-refractivity contribution in [2.75, 3.05) is 13.1 Å². The molecule has 1 amide bonds. The zero-order valence-corrected chi connectivity index (χ0v) is 16.6. The Balaban J connectivity index is 1.45. The quantitative estimate of drug-likeness (QED) is 0.796. The standard InChI is InChI=1S/C20H19BrClN3O/c21-16-6-4-15(5-7-16)18-19(26)24-20(23-18)8-10-25(11-9-20)13-14-2-1-3-17(22)12-14/h1-7,12H,8-11,13H2,(H,24,26). The molecule has 0 atom stereocenters. The molecule has 2 aromatic carbocycles. The minimum absolute atomic E-state index is 0.0735. The fourth-order valence-corrected chi connectivity index (χ4v) is 4.06. The van der Waals surface area contributed by atoms with Gasteiger partial charge in [-0.2, -0.15) is 0 Å². The number of aliphatic imine (C=N–C) groups is 1. The molecule has 0 aromatic heterocycles. The molecule has 2 aliphatic rings. The van der Waals surface area contributed by atoms with Crippen LogP contribution < -0.4 is 5.32 Å². The van der Waals surface area contributed by atoms with Crippen LogP contribution in [0.15, 0.2) is 58.0 Å². The predicted octanol–water partition coefficient (Wildman–Crippen LogP) is 4.01. The van der Waals surface area contributed by atoms with E-state index in [4.69, 9.17) is 16.6 Å². The van der Waals surface area contributed by atoms with Crippen LogP contribution >= 0.6 is 27.5 Å². The maximum absolute atomic E-state index is 12.5. The molecule has 2 aliphatic heterocycles. The van der Waals surface area contributed by atoms with Crippen LogP contribution in [0.5, 0.6) is 0 Å². The molecule has 0 aliphatic carbocycles. The highest BCUT2D eigenvalue weighted by atomic mass is 79.9. The van der Waals surface area contributed by atoms with Crippen LogP contribution in [-0.2, 0) is 11.3 Å². The molecule has 6 heteroatoms. The molecule has 1 saturated heterocycles. The first-order valence-corrected chi connectivity index (χ1v) is 9.85. The summed E-state index contributed by atoms with van der Waals surface area (Å²) in [6.07, 6.45) is 1.64. The number of likely N-dealkylation sites (tertiary alicyclic amines) is 1. The third-order valence-corrected chi connectivity index (χ3v) is 5.75. The lowest BCUT2D eigenvalue weighted by atomic mass is 9.97. The van der Waals surface area contributed by atoms with Crippen molar-refractivity contribution in [3.8, 4) is 0 Å². The molecule has 0 bridgehead atoms. The Hall–Kier alpha value is -1.69. The van der Waals surface area contributed by atoms with Crippen molar-refractivity contribution < 1.29 is 4.79 Å². The van der Waals surface area contributed by atoms with Gasteiger partial charge in [-0.15, -0.1) is 0 Å². The average Bonchev–Trinajstić information content (AvgIpc) is 2.94. The van der Waals surface area contributed by atoms with Crippen molar-refractivity contribution in [3.05, 3.63) is 69.2 Å². The number of benzene rings is 2. The zero-order chi connectivity index (χ0) is 18.1. The van der Waals surface area contributed by atoms with E-state index < -0.39 is 5.66 Å². The average molecular weight is 433 g/mol. The van der Waals surface area contributed by atoms with E-state index in [0.717, 1.165) is 47.5 Å². The van der Waals surface area contributed by atoms with Gasteiger partial charge in [0.2, 0.25) is 0 Å². The fraction of sp³-hybridized carbons (Fsp3) is 0.300. The smallest absolute Gasteiger partial charge is 0.272 e. The minimum atomic E-state index is -0.454. The summed E-state index contributed by atoms with van der Waals surface area (Å²) in [6.45, 7) is 2.65. The van der Waals surface area contributed by atoms with Gasteiger partial charge in [0.15, 0.2) is 0 Å². The monoisotopic (exact) mass is 431 g/mol. The van der Waals surface area contributed by atoms with Crippen LogP contribution in [0.3, 0.4) is 0 Å². The molecule has 0 radical (unpaired) electrons. The molecule has 1 N–H and O–H groups in total. The zero-order valence-electron chi connectivity index (χ0n) is 14.2. The highest BCUT2D eigenvalue weighted by Crippen LogP contribution is 2.30. The van der Waals surface area contributed by atoms with E-state index >= 15 is 0 Å². The van der Waals surface area contributed by atoms with Gasteiger partial charge in [0.1, 0.15) is 11.4 Å². The highest BCUT2D eigenvalue weighted by molar-refractivity contribution is 9.10. The maximum Gasteiger partial charge on any atom is 0.272 e. The molecule has 4 rings (SSSR count). The summed E-state index contributed by atoms with van der Waals surface area (Å²) in [6, 6.07) is 15.7. The van der Waals surface area contributed by atoms with Crippen molar-refractivity contribution in [2.45, 2.75) is 25.0 Å². The van der Waals surface area contributed by atoms with Crippen LogP contribution in [-0.4, -0.2) is 35.3 Å². The van der Waals surface area contributed by atoms with Gasteiger partial charge in [0, 0.05) is 47.5 Å². The molecular weight excluding hydrogens is 414 g/mol. The number of rotatable bonds is 3. The van der Waals surface area contributed by atoms with Crippen molar-refractivity contribution in [1.82, 2.24) is 10.2 Å². The molecule has 134 valence electrons. The lowest BCUT2D eigenvalue weighted by molar-refractivity contribution is -0.115. The molecule has 1 spiro atoms. The van der Waals surface area contributed by atoms with E-state index in [1.54, 1.807) is 0 Å². The number of hydrogen-bond acceptors (Lipinski definition) is 3. The Morgan fingerprint density at radius 2 is 1.88 bits per heavy atom. The van der Waals surface area contributed by atoms with E-state index in [0.29, 0.717) is 5.71 Å². The third-order valence-electron chi connectivity index (χ3n) is 4.98. The van der Waals surface area contributed by atoms with E-state index in [1.165, 1.54) is 5.56 Å². The Morgan fingerprint density at radius 1 is 1.15 bits per heavy atom. The van der Waals surface area contributed by atoms with Gasteiger partial charge in [-0.05, 0) is 29.8 Å². The minimum Gasteiger partial charge on any atom is -0.326 e. The summed E-state index contributed by atoms with van der Waals surface area (Å²) in [4.78, 5) is 19.7. The van der Waals surface area contributed by atoms with Gasteiger partial charge in [0.25, 0.3) is 5.91 Å². The molecule has 4 nitrogen and oxygen atoms in total. The Kier molecular flexibility index (Phi) is 4.86. The number of piperidine rings is 1. The van der Waals surface area contributed by atoms with Crippen LogP contribution in [0, 0.1) is 0 Å². The molecular formula is C20H19BrClN3O. The highest BCUT2D eigenvalue weighted by Gasteiger charge is 2.41. The van der Waals surface area contributed by atoms with Gasteiger partial charge in [-0.3, -0.25) is 14.7 Å². The Bertz CT molecular complexity index is 858. The number of nitrogens with one attached hydrogen (secondary N) is 1. The number of carbonyl (C=O) groups excluding carboxylic acids is 1. The van der Waals surface area contributed by atoms with E-state index in [1.807, 2.05) is 42.5 Å². The topological polar surface area (TPSA) is 44.7 Å². The second-order valence-electron chi connectivity index (χ2n) is 6.86. The Labute approximate surface area is 166 Å². The summed E-state index contributed by atoms with van der Waals surface area (Å²) in [7, 11) is 0. The van der Waals surface area contributed by atoms with Gasteiger partial charge < -0.3 is 5.32 Å². The predicted molar refractivity (Wildman–Crippen MR) is 108 cm³/mol. The van der Waals surface area contributed by atoms with Crippen molar-refractivity contribution in [2.24, 2.45) is 4.99 Å². The van der Waals surface area contributed by atoms with Crippen LogP contribution in [0.4, 0.5) is 0 Å². The third kappa shape index (κ3) is 3.70.